The van der Waals surface area contributed by atoms with Crippen LogP contribution in [0.25, 0.3) is 6.08 Å². The van der Waals surface area contributed by atoms with Gasteiger partial charge in [0.1, 0.15) is 5.75 Å². The Balaban J connectivity index is 1.42. The average molecular weight is 590 g/mol. The summed E-state index contributed by atoms with van der Waals surface area (Å²) in [6.07, 6.45) is 1.71. The fourth-order valence-corrected chi connectivity index (χ4v) is 5.09. The first-order chi connectivity index (χ1) is 18.3. The van der Waals surface area contributed by atoms with Crippen molar-refractivity contribution in [2.75, 3.05) is 30.5 Å². The number of hydrogen-bond acceptors (Lipinski definition) is 7. The third kappa shape index (κ3) is 6.60. The van der Waals surface area contributed by atoms with Crippen LogP contribution in [0.15, 0.2) is 65.6 Å². The van der Waals surface area contributed by atoms with Gasteiger partial charge in [0.05, 0.1) is 34.4 Å². The second-order valence-corrected chi connectivity index (χ2v) is 10.3. The number of methoxy groups -OCH3 is 1. The molecule has 11 heteroatoms. The second-order valence-electron chi connectivity index (χ2n) is 7.82. The fourth-order valence-electron chi connectivity index (χ4n) is 3.50. The van der Waals surface area contributed by atoms with Crippen molar-refractivity contribution in [2.45, 2.75) is 6.92 Å². The quantitative estimate of drug-likeness (QED) is 0.217. The summed E-state index contributed by atoms with van der Waals surface area (Å²) in [4.78, 5) is 27.3. The van der Waals surface area contributed by atoms with Gasteiger partial charge in [0.25, 0.3) is 11.8 Å². The SMILES string of the molecule is CCOc1ccc(NC(=O)COc2ccc(/C=C3\SC(=S)N(c4ccc(Cl)c(Cl)c4)C3=O)cc2OC)cc1. The fraction of sp³-hybridized carbons (Fsp3) is 0.148. The summed E-state index contributed by atoms with van der Waals surface area (Å²) in [6.45, 7) is 2.25. The molecule has 1 aliphatic rings. The number of carbonyl (C=O) groups is 2. The topological polar surface area (TPSA) is 77.1 Å². The Kier molecular flexibility index (Phi) is 9.17. The van der Waals surface area contributed by atoms with E-state index in [1.54, 1.807) is 66.7 Å². The van der Waals surface area contributed by atoms with Crippen molar-refractivity contribution >= 4 is 80.8 Å². The number of thioether (sulfide) groups is 1. The molecule has 0 radical (unpaired) electrons. The van der Waals surface area contributed by atoms with Gasteiger partial charge in [-0.15, -0.1) is 0 Å². The monoisotopic (exact) mass is 588 g/mol. The molecule has 2 amide bonds. The van der Waals surface area contributed by atoms with Crippen LogP contribution in [-0.2, 0) is 9.59 Å². The van der Waals surface area contributed by atoms with Gasteiger partial charge in [-0.3, -0.25) is 14.5 Å². The summed E-state index contributed by atoms with van der Waals surface area (Å²) in [5.74, 6) is 0.917. The molecular formula is C27H22Cl2N2O5S2. The molecule has 3 aromatic carbocycles. The lowest BCUT2D eigenvalue weighted by Gasteiger charge is -2.15. The van der Waals surface area contributed by atoms with Gasteiger partial charge in [0, 0.05) is 5.69 Å². The molecule has 38 heavy (non-hydrogen) atoms. The van der Waals surface area contributed by atoms with Gasteiger partial charge < -0.3 is 19.5 Å². The van der Waals surface area contributed by atoms with Gasteiger partial charge in [-0.05, 0) is 73.2 Å². The zero-order chi connectivity index (χ0) is 27.2. The Hall–Kier alpha value is -3.24. The van der Waals surface area contributed by atoms with Gasteiger partial charge >= 0.3 is 0 Å². The van der Waals surface area contributed by atoms with Crippen molar-refractivity contribution in [3.8, 4) is 17.2 Å². The molecule has 0 aromatic heterocycles. The van der Waals surface area contributed by atoms with E-state index in [1.807, 2.05) is 6.92 Å². The lowest BCUT2D eigenvalue weighted by atomic mass is 10.2. The molecule has 1 heterocycles. The molecule has 4 rings (SSSR count). The van der Waals surface area contributed by atoms with E-state index < -0.39 is 0 Å². The normalized spacial score (nSPS) is 14.1. The highest BCUT2D eigenvalue weighted by atomic mass is 35.5. The minimum absolute atomic E-state index is 0.217. The number of rotatable bonds is 9. The average Bonchev–Trinajstić information content (AvgIpc) is 3.18. The molecule has 1 N–H and O–H groups in total. The highest BCUT2D eigenvalue weighted by molar-refractivity contribution is 8.27. The molecule has 0 atom stereocenters. The molecule has 0 saturated carbocycles. The van der Waals surface area contributed by atoms with E-state index in [-0.39, 0.29) is 18.4 Å². The van der Waals surface area contributed by atoms with Gasteiger partial charge in [0.15, 0.2) is 22.4 Å². The summed E-state index contributed by atoms with van der Waals surface area (Å²) in [5, 5.41) is 3.49. The predicted molar refractivity (Wildman–Crippen MR) is 157 cm³/mol. The summed E-state index contributed by atoms with van der Waals surface area (Å²) in [6, 6.07) is 17.1. The van der Waals surface area contributed by atoms with Crippen molar-refractivity contribution in [3.05, 3.63) is 81.2 Å². The number of benzene rings is 3. The Morgan fingerprint density at radius 1 is 1.03 bits per heavy atom. The zero-order valence-electron chi connectivity index (χ0n) is 20.3. The number of ether oxygens (including phenoxy) is 3. The number of amides is 2. The molecule has 0 aliphatic carbocycles. The number of thiocarbonyl (C=S) groups is 1. The van der Waals surface area contributed by atoms with E-state index in [9.17, 15) is 9.59 Å². The molecule has 0 spiro atoms. The van der Waals surface area contributed by atoms with E-state index in [0.29, 0.717) is 54.3 Å². The zero-order valence-corrected chi connectivity index (χ0v) is 23.5. The molecule has 196 valence electrons. The number of carbonyl (C=O) groups excluding carboxylic acids is 2. The number of nitrogens with zero attached hydrogens (tertiary/aromatic N) is 1. The smallest absolute Gasteiger partial charge is 0.270 e. The van der Waals surface area contributed by atoms with Crippen LogP contribution in [0.2, 0.25) is 10.0 Å². The van der Waals surface area contributed by atoms with Gasteiger partial charge in [-0.25, -0.2) is 0 Å². The van der Waals surface area contributed by atoms with Crippen molar-refractivity contribution in [2.24, 2.45) is 0 Å². The van der Waals surface area contributed by atoms with Crippen LogP contribution in [0.1, 0.15) is 12.5 Å². The summed E-state index contributed by atoms with van der Waals surface area (Å²) in [7, 11) is 1.50. The van der Waals surface area contributed by atoms with Crippen molar-refractivity contribution in [1.82, 2.24) is 0 Å². The lowest BCUT2D eigenvalue weighted by molar-refractivity contribution is -0.118. The van der Waals surface area contributed by atoms with E-state index in [4.69, 9.17) is 49.6 Å². The van der Waals surface area contributed by atoms with Crippen LogP contribution in [0, 0.1) is 0 Å². The van der Waals surface area contributed by atoms with Crippen LogP contribution in [0.5, 0.6) is 17.2 Å². The standard InChI is InChI=1S/C27H22Cl2N2O5S2/c1-3-35-19-8-5-17(6-9-19)30-25(32)15-36-22-11-4-16(12-23(22)34-2)13-24-26(33)31(27(37)38-24)18-7-10-20(28)21(29)14-18/h4-14H,3,15H2,1-2H3,(H,30,32)/b24-13-. The number of hydrogen-bond donors (Lipinski definition) is 1. The highest BCUT2D eigenvalue weighted by Crippen LogP contribution is 2.38. The van der Waals surface area contributed by atoms with Crippen molar-refractivity contribution in [1.29, 1.82) is 0 Å². The largest absolute Gasteiger partial charge is 0.494 e. The molecule has 0 bridgehead atoms. The van der Waals surface area contributed by atoms with Crippen LogP contribution in [0.3, 0.4) is 0 Å². The molecule has 0 unspecified atom stereocenters. The van der Waals surface area contributed by atoms with E-state index in [2.05, 4.69) is 5.32 Å². The highest BCUT2D eigenvalue weighted by Gasteiger charge is 2.33. The number of nitrogens with one attached hydrogen (secondary N) is 1. The first kappa shape index (κ1) is 27.8. The molecule has 3 aromatic rings. The van der Waals surface area contributed by atoms with Gasteiger partial charge in [0.2, 0.25) is 0 Å². The summed E-state index contributed by atoms with van der Waals surface area (Å²) < 4.78 is 16.9. The third-order valence-electron chi connectivity index (χ3n) is 5.25. The summed E-state index contributed by atoms with van der Waals surface area (Å²) >= 11 is 18.7. The van der Waals surface area contributed by atoms with Gasteiger partial charge in [-0.2, -0.15) is 0 Å². The molecule has 1 saturated heterocycles. The van der Waals surface area contributed by atoms with E-state index in [1.165, 1.54) is 23.8 Å². The molecule has 1 fully saturated rings. The number of halogens is 2. The van der Waals surface area contributed by atoms with Crippen LogP contribution >= 0.6 is 47.2 Å². The van der Waals surface area contributed by atoms with E-state index in [0.717, 1.165) is 5.75 Å². The molecule has 1 aliphatic heterocycles. The minimum atomic E-state index is -0.328. The summed E-state index contributed by atoms with van der Waals surface area (Å²) in [5.41, 5.74) is 1.86. The first-order valence-electron chi connectivity index (χ1n) is 11.4. The maximum Gasteiger partial charge on any atom is 0.270 e. The van der Waals surface area contributed by atoms with Crippen LogP contribution < -0.4 is 24.4 Å². The van der Waals surface area contributed by atoms with Gasteiger partial charge in [-0.1, -0.05) is 53.2 Å². The van der Waals surface area contributed by atoms with E-state index >= 15 is 0 Å². The number of anilines is 2. The third-order valence-corrected chi connectivity index (χ3v) is 7.29. The maximum atomic E-state index is 13.1. The van der Waals surface area contributed by atoms with Crippen molar-refractivity contribution < 1.29 is 23.8 Å². The molecular weight excluding hydrogens is 567 g/mol. The second kappa shape index (κ2) is 12.5. The molecule has 7 nitrogen and oxygen atoms in total. The predicted octanol–water partition coefficient (Wildman–Crippen LogP) is 6.82. The lowest BCUT2D eigenvalue weighted by Crippen LogP contribution is -2.27. The Morgan fingerprint density at radius 3 is 2.47 bits per heavy atom. The van der Waals surface area contributed by atoms with Crippen LogP contribution in [-0.4, -0.2) is 36.5 Å². The van der Waals surface area contributed by atoms with Crippen LogP contribution in [0.4, 0.5) is 11.4 Å². The first-order valence-corrected chi connectivity index (χ1v) is 13.3. The van der Waals surface area contributed by atoms with Crippen molar-refractivity contribution in [3.63, 3.8) is 0 Å². The Bertz CT molecular complexity index is 1410. The Labute approximate surface area is 239 Å². The maximum absolute atomic E-state index is 13.1. The Morgan fingerprint density at radius 2 is 1.79 bits per heavy atom. The minimum Gasteiger partial charge on any atom is -0.494 e.